The van der Waals surface area contributed by atoms with Crippen molar-refractivity contribution in [3.8, 4) is 5.88 Å². The van der Waals surface area contributed by atoms with Crippen molar-refractivity contribution in [2.24, 2.45) is 0 Å². The van der Waals surface area contributed by atoms with Crippen LogP contribution >= 0.6 is 11.8 Å². The maximum atomic E-state index is 12.0. The highest BCUT2D eigenvalue weighted by Crippen LogP contribution is 2.17. The molecule has 1 amide bonds. The van der Waals surface area contributed by atoms with Gasteiger partial charge in [0.2, 0.25) is 11.6 Å². The largest absolute Gasteiger partial charge is 0.478 e. The van der Waals surface area contributed by atoms with Gasteiger partial charge in [0.1, 0.15) is 0 Å². The van der Waals surface area contributed by atoms with Crippen molar-refractivity contribution in [3.63, 3.8) is 0 Å². The number of methoxy groups -OCH3 is 1. The molecule has 1 N–H and O–H groups in total. The Morgan fingerprint density at radius 1 is 1.29 bits per heavy atom. The maximum Gasteiger partial charge on any atom is 0.260 e. The maximum absolute atomic E-state index is 12.0. The van der Waals surface area contributed by atoms with Crippen LogP contribution in [0.2, 0.25) is 0 Å². The van der Waals surface area contributed by atoms with Gasteiger partial charge in [-0.2, -0.15) is 0 Å². The van der Waals surface area contributed by atoms with Crippen molar-refractivity contribution in [2.45, 2.75) is 17.9 Å². The number of thioether (sulfide) groups is 1. The Kier molecular flexibility index (Phi) is 5.27. The topological polar surface area (TPSA) is 81.4 Å². The predicted octanol–water partition coefficient (Wildman–Crippen LogP) is 1.93. The summed E-state index contributed by atoms with van der Waals surface area (Å²) in [5.74, 6) is 1.75. The van der Waals surface area contributed by atoms with E-state index in [1.807, 2.05) is 30.3 Å². The van der Waals surface area contributed by atoms with Crippen LogP contribution in [0.4, 0.5) is 0 Å². The fourth-order valence-corrected chi connectivity index (χ4v) is 3.03. The van der Waals surface area contributed by atoms with Crippen LogP contribution < -0.4 is 10.1 Å². The summed E-state index contributed by atoms with van der Waals surface area (Å²) in [6.07, 6.45) is 3.79. The van der Waals surface area contributed by atoms with Crippen molar-refractivity contribution in [1.29, 1.82) is 0 Å². The summed E-state index contributed by atoms with van der Waals surface area (Å²) in [5, 5.41) is 11.0. The van der Waals surface area contributed by atoms with Crippen molar-refractivity contribution in [2.75, 3.05) is 12.9 Å². The van der Waals surface area contributed by atoms with Crippen LogP contribution in [0, 0.1) is 0 Å². The van der Waals surface area contributed by atoms with Crippen LogP contribution in [-0.2, 0) is 11.3 Å². The molecule has 2 aromatic heterocycles. The number of nitrogens with zero attached hydrogens (tertiary/aromatic N) is 4. The van der Waals surface area contributed by atoms with Crippen molar-refractivity contribution >= 4 is 23.3 Å². The van der Waals surface area contributed by atoms with Gasteiger partial charge in [-0.15, -0.1) is 22.0 Å². The highest BCUT2D eigenvalue weighted by Gasteiger charge is 2.11. The zero-order valence-corrected chi connectivity index (χ0v) is 14.0. The van der Waals surface area contributed by atoms with E-state index >= 15 is 0 Å². The molecular weight excluding hydrogens is 326 g/mol. The van der Waals surface area contributed by atoms with E-state index in [-0.39, 0.29) is 5.91 Å². The van der Waals surface area contributed by atoms with Crippen LogP contribution in [0.15, 0.2) is 47.6 Å². The average Bonchev–Trinajstić information content (AvgIpc) is 3.04. The molecule has 124 valence electrons. The van der Waals surface area contributed by atoms with Crippen LogP contribution in [0.3, 0.4) is 0 Å². The van der Waals surface area contributed by atoms with Gasteiger partial charge in [0.15, 0.2) is 5.82 Å². The van der Waals surface area contributed by atoms with Gasteiger partial charge in [-0.3, -0.25) is 9.20 Å². The Morgan fingerprint density at radius 3 is 2.92 bits per heavy atom. The number of amides is 1. The standard InChI is InChI=1S/C16H17N5O2S/c1-23-16-15-20-19-13(21(15)9-8-17-16)11-18-14(22)7-10-24-12-5-3-2-4-6-12/h2-6,8-9H,7,10-11H2,1H3,(H,18,22). The van der Waals surface area contributed by atoms with E-state index in [9.17, 15) is 4.79 Å². The molecule has 3 aromatic rings. The fraction of sp³-hybridized carbons (Fsp3) is 0.250. The van der Waals surface area contributed by atoms with Gasteiger partial charge in [-0.1, -0.05) is 18.2 Å². The molecule has 0 atom stereocenters. The van der Waals surface area contributed by atoms with Crippen LogP contribution in [0.1, 0.15) is 12.2 Å². The first-order chi connectivity index (χ1) is 11.8. The molecule has 0 unspecified atom stereocenters. The average molecular weight is 343 g/mol. The van der Waals surface area contributed by atoms with E-state index in [1.165, 1.54) is 7.11 Å². The van der Waals surface area contributed by atoms with Gasteiger partial charge in [0, 0.05) is 29.5 Å². The molecule has 0 aliphatic rings. The number of aromatic nitrogens is 4. The van der Waals surface area contributed by atoms with Crippen molar-refractivity contribution in [1.82, 2.24) is 24.9 Å². The molecule has 1 aromatic carbocycles. The summed E-state index contributed by atoms with van der Waals surface area (Å²) in [6, 6.07) is 10.0. The second-order valence-corrected chi connectivity index (χ2v) is 6.10. The van der Waals surface area contributed by atoms with Gasteiger partial charge in [0.05, 0.1) is 13.7 Å². The molecule has 0 saturated heterocycles. The first-order valence-corrected chi connectivity index (χ1v) is 8.43. The van der Waals surface area contributed by atoms with Crippen LogP contribution in [0.25, 0.3) is 5.65 Å². The van der Waals surface area contributed by atoms with E-state index in [0.717, 1.165) is 10.6 Å². The highest BCUT2D eigenvalue weighted by atomic mass is 32.2. The Morgan fingerprint density at radius 2 is 2.12 bits per heavy atom. The summed E-state index contributed by atoms with van der Waals surface area (Å²) in [6.45, 7) is 0.309. The van der Waals surface area contributed by atoms with Gasteiger partial charge in [0.25, 0.3) is 5.88 Å². The lowest BCUT2D eigenvalue weighted by atomic mass is 10.4. The lowest BCUT2D eigenvalue weighted by Gasteiger charge is -2.05. The Hall–Kier alpha value is -2.61. The molecule has 0 radical (unpaired) electrons. The summed E-state index contributed by atoms with van der Waals surface area (Å²) >= 11 is 1.66. The number of nitrogens with one attached hydrogen (secondary N) is 1. The molecule has 3 rings (SSSR count). The minimum absolute atomic E-state index is 0.0174. The Bertz CT molecular complexity index is 822. The van der Waals surface area contributed by atoms with Crippen molar-refractivity contribution in [3.05, 3.63) is 48.5 Å². The number of carbonyl (C=O) groups is 1. The minimum Gasteiger partial charge on any atom is -0.478 e. The third-order valence-corrected chi connectivity index (χ3v) is 4.36. The second-order valence-electron chi connectivity index (χ2n) is 4.93. The third-order valence-electron chi connectivity index (χ3n) is 3.34. The molecule has 0 bridgehead atoms. The van der Waals surface area contributed by atoms with E-state index in [0.29, 0.717) is 30.3 Å². The number of rotatable bonds is 7. The molecule has 0 aliphatic carbocycles. The molecule has 0 fully saturated rings. The summed E-state index contributed by atoms with van der Waals surface area (Å²) in [4.78, 5) is 17.2. The van der Waals surface area contributed by atoms with E-state index < -0.39 is 0 Å². The Labute approximate surface area is 143 Å². The third kappa shape index (κ3) is 3.83. The summed E-state index contributed by atoms with van der Waals surface area (Å²) in [5.41, 5.74) is 0.531. The Balaban J connectivity index is 1.51. The zero-order chi connectivity index (χ0) is 16.8. The molecule has 7 nitrogen and oxygen atoms in total. The number of carbonyl (C=O) groups excluding carboxylic acids is 1. The summed E-state index contributed by atoms with van der Waals surface area (Å²) < 4.78 is 6.89. The van der Waals surface area contributed by atoms with E-state index in [1.54, 1.807) is 28.6 Å². The van der Waals surface area contributed by atoms with Gasteiger partial charge >= 0.3 is 0 Å². The summed E-state index contributed by atoms with van der Waals surface area (Å²) in [7, 11) is 1.53. The van der Waals surface area contributed by atoms with Crippen LogP contribution in [-0.4, -0.2) is 38.4 Å². The van der Waals surface area contributed by atoms with E-state index in [2.05, 4.69) is 20.5 Å². The number of fused-ring (bicyclic) bond motifs is 1. The van der Waals surface area contributed by atoms with Crippen molar-refractivity contribution < 1.29 is 9.53 Å². The minimum atomic E-state index is -0.0174. The first-order valence-electron chi connectivity index (χ1n) is 7.45. The fourth-order valence-electron chi connectivity index (χ4n) is 2.16. The lowest BCUT2D eigenvalue weighted by Crippen LogP contribution is -2.24. The van der Waals surface area contributed by atoms with Gasteiger partial charge < -0.3 is 10.1 Å². The molecular formula is C16H17N5O2S. The highest BCUT2D eigenvalue weighted by molar-refractivity contribution is 7.99. The molecule has 0 saturated carbocycles. The number of hydrogen-bond acceptors (Lipinski definition) is 6. The number of benzene rings is 1. The van der Waals surface area contributed by atoms with E-state index in [4.69, 9.17) is 4.74 Å². The number of hydrogen-bond donors (Lipinski definition) is 1. The van der Waals surface area contributed by atoms with Gasteiger partial charge in [-0.05, 0) is 12.1 Å². The quantitative estimate of drug-likeness (QED) is 0.660. The SMILES string of the molecule is COc1nccn2c(CNC(=O)CCSc3ccccc3)nnc12. The smallest absolute Gasteiger partial charge is 0.260 e. The normalized spacial score (nSPS) is 10.7. The second kappa shape index (κ2) is 7.78. The molecule has 0 aliphatic heterocycles. The molecule has 24 heavy (non-hydrogen) atoms. The first kappa shape index (κ1) is 16.3. The van der Waals surface area contributed by atoms with Crippen LogP contribution in [0.5, 0.6) is 5.88 Å². The molecule has 2 heterocycles. The monoisotopic (exact) mass is 343 g/mol. The molecule has 8 heteroatoms. The predicted molar refractivity (Wildman–Crippen MR) is 91.0 cm³/mol. The zero-order valence-electron chi connectivity index (χ0n) is 13.2. The molecule has 0 spiro atoms. The number of ether oxygens (including phenoxy) is 1. The lowest BCUT2D eigenvalue weighted by molar-refractivity contribution is -0.120. The van der Waals surface area contributed by atoms with Gasteiger partial charge in [-0.25, -0.2) is 4.98 Å².